The summed E-state index contributed by atoms with van der Waals surface area (Å²) in [5.74, 6) is -16.5. The SMILES string of the molecule is CCCCCCCCOc1ccc(OCCC)c(F)c1F.CCCCCCCOc1ccc(OCC)c(F)c1F.CCCCCCCOc1ccc(OCCCC)c(F)c1F.CCCCCCOc1ccc(OCC)c(F)c1F.CCCCCCOc1ccc(OCCCC)c(F)c1F.CCCCCOc1ccc(OCCCC)c(F)c1F.CCCCOc1ccc(OCC)c(F)c1F.CCCCOc1ccc(OCC)c(F)c1F. The van der Waals surface area contributed by atoms with E-state index in [1.165, 1.54) is 142 Å². The third kappa shape index (κ3) is 57.2. The Labute approximate surface area is 884 Å². The largest absolute Gasteiger partial charge is 0.491 e. The molecule has 0 N–H and O–H groups in total. The van der Waals surface area contributed by atoms with Gasteiger partial charge >= 0.3 is 0 Å². The Morgan fingerprint density at radius 2 is 0.200 bits per heavy atom. The standard InChI is InChI=1S/2C17H26F2O2.C16H24F2O2.2C15H22F2O2.C14H20F2O2.2C12H16F2O2/c1-3-5-6-7-8-9-13-21-15-11-10-14(20-12-4-2)16(18)17(15)19;1-3-5-7-8-9-13-21-15-11-10-14(16(18)17(15)19)20-12-6-4-2;1-3-5-7-8-12-20-14-10-9-13(15(17)16(14)18)19-11-6-4-2;1-3-5-6-7-8-11-19-13-10-9-12(18-4-2)14(16)15(13)17;1-3-5-7-11-19-13-9-8-12(14(16)15(13)17)18-10-6-4-2;1-3-5-6-7-10-18-12-9-8-11(17-4-2)13(15)14(12)16;2*1-3-5-8-16-10-7-6-9(15-4-2)11(13)12(10)14/h2*10-11H,3-9,12-13H2,1-2H3;9-10H,3-8,11-12H2,1-2H3;9-10H,3-8,11H2,1-2H3;8-9H,3-7,10-11H2,1-2H3;8-9H,3-7,10H2,1-2H3;2*6-7H,3-5,8H2,1-2H3. The van der Waals surface area contributed by atoms with Gasteiger partial charge in [-0.1, -0.05) is 250 Å². The quantitative estimate of drug-likeness (QED) is 0.0263. The summed E-state index contributed by atoms with van der Waals surface area (Å²) in [5, 5.41) is 0. The maximum absolute atomic E-state index is 13.8. The van der Waals surface area contributed by atoms with Gasteiger partial charge in [0.05, 0.1) is 106 Å². The van der Waals surface area contributed by atoms with Gasteiger partial charge in [0.15, 0.2) is 92.0 Å². The molecule has 0 saturated carbocycles. The summed E-state index contributed by atoms with van der Waals surface area (Å²) in [5.41, 5.74) is 0. The van der Waals surface area contributed by atoms with Crippen molar-refractivity contribution in [2.75, 3.05) is 106 Å². The molecular weight excluding hydrogens is 1980 g/mol. The van der Waals surface area contributed by atoms with Crippen LogP contribution >= 0.6 is 0 Å². The molecule has 0 spiro atoms. The van der Waals surface area contributed by atoms with Gasteiger partial charge in [0.1, 0.15) is 0 Å². The molecule has 150 heavy (non-hydrogen) atoms. The fourth-order valence-corrected chi connectivity index (χ4v) is 13.2. The molecule has 0 radical (unpaired) electrons. The molecule has 8 aromatic carbocycles. The minimum atomic E-state index is -0.990. The van der Waals surface area contributed by atoms with Crippen molar-refractivity contribution in [3.05, 3.63) is 190 Å². The molecule has 0 aliphatic rings. The molecule has 0 aliphatic carbocycles. The molecule has 0 unspecified atom stereocenters. The van der Waals surface area contributed by atoms with Crippen molar-refractivity contribution in [2.45, 2.75) is 355 Å². The van der Waals surface area contributed by atoms with E-state index in [1.807, 2.05) is 41.5 Å². The van der Waals surface area contributed by atoms with E-state index in [0.717, 1.165) is 199 Å². The molecule has 0 atom stereocenters. The summed E-state index contributed by atoms with van der Waals surface area (Å²) in [7, 11) is 0. The highest BCUT2D eigenvalue weighted by Gasteiger charge is 2.24. The first-order valence-electron chi connectivity index (χ1n) is 54.5. The third-order valence-corrected chi connectivity index (χ3v) is 21.8. The topological polar surface area (TPSA) is 148 Å². The van der Waals surface area contributed by atoms with Crippen molar-refractivity contribution in [1.29, 1.82) is 0 Å². The van der Waals surface area contributed by atoms with Gasteiger partial charge in [-0.3, -0.25) is 0 Å². The van der Waals surface area contributed by atoms with Gasteiger partial charge < -0.3 is 75.8 Å². The first-order chi connectivity index (χ1) is 72.6. The van der Waals surface area contributed by atoms with Crippen LogP contribution in [-0.4, -0.2) is 106 Å². The Balaban J connectivity index is 0.000000859. The maximum Gasteiger partial charge on any atom is 0.204 e. The molecule has 8 rings (SSSR count). The van der Waals surface area contributed by atoms with Crippen LogP contribution in [0.3, 0.4) is 0 Å². The zero-order chi connectivity index (χ0) is 111. The minimum absolute atomic E-state index is 0.0363. The predicted octanol–water partition coefficient (Wildman–Crippen LogP) is 36.9. The van der Waals surface area contributed by atoms with Crippen LogP contribution in [0.5, 0.6) is 92.0 Å². The number of halogens is 16. The van der Waals surface area contributed by atoms with Gasteiger partial charge in [0.25, 0.3) is 0 Å². The van der Waals surface area contributed by atoms with Crippen LogP contribution in [0, 0.1) is 93.1 Å². The van der Waals surface area contributed by atoms with E-state index >= 15 is 0 Å². The number of unbranched alkanes of at least 4 members (excludes halogenated alkanes) is 26. The van der Waals surface area contributed by atoms with E-state index in [0.29, 0.717) is 106 Å². The zero-order valence-corrected chi connectivity index (χ0v) is 92.0. The lowest BCUT2D eigenvalue weighted by Gasteiger charge is -2.11. The Kier molecular flexibility index (Phi) is 81.5. The van der Waals surface area contributed by atoms with Crippen LogP contribution < -0.4 is 75.8 Å². The molecule has 16 nitrogen and oxygen atoms in total. The van der Waals surface area contributed by atoms with Crippen molar-refractivity contribution >= 4 is 0 Å². The monoisotopic (exact) mass is 2150 g/mol. The molecule has 0 bridgehead atoms. The molecule has 0 heterocycles. The zero-order valence-electron chi connectivity index (χ0n) is 92.0. The van der Waals surface area contributed by atoms with Crippen LogP contribution in [0.25, 0.3) is 0 Å². The second-order valence-electron chi connectivity index (χ2n) is 34.6. The summed E-state index contributed by atoms with van der Waals surface area (Å²) in [6.07, 6.45) is 38.4. The minimum Gasteiger partial charge on any atom is -0.491 e. The summed E-state index contributed by atoms with van der Waals surface area (Å²) >= 11 is 0. The molecule has 0 amide bonds. The van der Waals surface area contributed by atoms with E-state index in [9.17, 15) is 70.2 Å². The van der Waals surface area contributed by atoms with Crippen molar-refractivity contribution in [3.63, 3.8) is 0 Å². The van der Waals surface area contributed by atoms with E-state index in [1.54, 1.807) is 27.7 Å². The van der Waals surface area contributed by atoms with Gasteiger partial charge in [0, 0.05) is 0 Å². The Morgan fingerprint density at radius 1 is 0.107 bits per heavy atom. The van der Waals surface area contributed by atoms with Crippen LogP contribution in [0.2, 0.25) is 0 Å². The maximum atomic E-state index is 13.8. The normalized spacial score (nSPS) is 10.5. The smallest absolute Gasteiger partial charge is 0.204 e. The summed E-state index contributed by atoms with van der Waals surface area (Å²) in [6, 6.07) is 22.6. The van der Waals surface area contributed by atoms with Crippen LogP contribution in [0.15, 0.2) is 97.1 Å². The third-order valence-electron chi connectivity index (χ3n) is 21.8. The molecule has 0 aromatic heterocycles. The van der Waals surface area contributed by atoms with Crippen molar-refractivity contribution in [2.24, 2.45) is 0 Å². The highest BCUT2D eigenvalue weighted by atomic mass is 19.2. The van der Waals surface area contributed by atoms with E-state index in [2.05, 4.69) is 41.5 Å². The molecule has 32 heteroatoms. The Bertz CT molecular complexity index is 4700. The lowest BCUT2D eigenvalue weighted by atomic mass is 10.1. The highest BCUT2D eigenvalue weighted by Crippen LogP contribution is 2.37. The van der Waals surface area contributed by atoms with E-state index in [-0.39, 0.29) is 92.0 Å². The van der Waals surface area contributed by atoms with Gasteiger partial charge in [-0.2, -0.15) is 70.2 Å². The highest BCUT2D eigenvalue weighted by molar-refractivity contribution is 5.41. The lowest BCUT2D eigenvalue weighted by Crippen LogP contribution is -2.04. The Hall–Kier alpha value is -10.6. The van der Waals surface area contributed by atoms with Gasteiger partial charge in [-0.05, 0) is 202 Å². The summed E-state index contributed by atoms with van der Waals surface area (Å²) in [4.78, 5) is 0. The summed E-state index contributed by atoms with van der Waals surface area (Å²) in [6.45, 7) is 37.6. The molecule has 0 aliphatic heterocycles. The molecule has 0 saturated heterocycles. The van der Waals surface area contributed by atoms with Gasteiger partial charge in [-0.25, -0.2) is 0 Å². The first-order valence-corrected chi connectivity index (χ1v) is 54.5. The molecular formula is C118H172F16O16. The molecule has 852 valence electrons. The van der Waals surface area contributed by atoms with Crippen molar-refractivity contribution in [1.82, 2.24) is 0 Å². The average Bonchev–Trinajstić information content (AvgIpc) is 0.890. The van der Waals surface area contributed by atoms with E-state index < -0.39 is 93.1 Å². The number of rotatable bonds is 70. The van der Waals surface area contributed by atoms with E-state index in [4.69, 9.17) is 75.8 Å². The second-order valence-corrected chi connectivity index (χ2v) is 34.6. The van der Waals surface area contributed by atoms with Crippen LogP contribution in [-0.2, 0) is 0 Å². The fourth-order valence-electron chi connectivity index (χ4n) is 13.2. The first kappa shape index (κ1) is 137. The molecule has 8 aromatic rings. The van der Waals surface area contributed by atoms with Crippen molar-refractivity contribution in [3.8, 4) is 92.0 Å². The number of hydrogen-bond donors (Lipinski definition) is 0. The van der Waals surface area contributed by atoms with Crippen LogP contribution in [0.4, 0.5) is 70.2 Å². The lowest BCUT2D eigenvalue weighted by molar-refractivity contribution is 0.268. The Morgan fingerprint density at radius 3 is 0.327 bits per heavy atom. The van der Waals surface area contributed by atoms with Gasteiger partial charge in [-0.15, -0.1) is 0 Å². The number of benzene rings is 8. The van der Waals surface area contributed by atoms with Crippen molar-refractivity contribution < 1.29 is 146 Å². The second kappa shape index (κ2) is 89.0. The number of ether oxygens (including phenoxy) is 16. The fraction of sp³-hybridized carbons (Fsp3) is 0.593. The summed E-state index contributed by atoms with van der Waals surface area (Å²) < 4.78 is 300. The van der Waals surface area contributed by atoms with Crippen LogP contribution in [0.1, 0.15) is 355 Å². The predicted molar refractivity (Wildman–Crippen MR) is 565 cm³/mol. The number of hydrogen-bond acceptors (Lipinski definition) is 16. The molecule has 0 fully saturated rings. The van der Waals surface area contributed by atoms with Gasteiger partial charge in [0.2, 0.25) is 93.1 Å². The average molecular weight is 2150 g/mol.